The quantitative estimate of drug-likeness (QED) is 0.0755. The van der Waals surface area contributed by atoms with E-state index in [9.17, 15) is 0 Å². The predicted molar refractivity (Wildman–Crippen MR) is 182 cm³/mol. The van der Waals surface area contributed by atoms with Gasteiger partial charge in [-0.3, -0.25) is 4.98 Å². The molecule has 0 amide bonds. The van der Waals surface area contributed by atoms with Crippen LogP contribution in [0.25, 0.3) is 27.3 Å². The second kappa shape index (κ2) is 16.1. The molecule has 5 aromatic rings. The molecular formula is C40H45HfN2-3. The zero-order chi connectivity index (χ0) is 28.8. The van der Waals surface area contributed by atoms with Gasteiger partial charge in [-0.2, -0.15) is 0 Å². The van der Waals surface area contributed by atoms with Gasteiger partial charge in [0.1, 0.15) is 0 Å². The number of nitrogens with zero attached hydrogens (tertiary/aromatic N) is 2. The van der Waals surface area contributed by atoms with E-state index < -0.39 is 0 Å². The summed E-state index contributed by atoms with van der Waals surface area (Å²) in [6.07, 6.45) is 6.07. The summed E-state index contributed by atoms with van der Waals surface area (Å²) in [6, 6.07) is 34.4. The van der Waals surface area contributed by atoms with E-state index in [4.69, 9.17) is 10.3 Å². The van der Waals surface area contributed by atoms with Crippen molar-refractivity contribution in [2.75, 3.05) is 0 Å². The van der Waals surface area contributed by atoms with Gasteiger partial charge in [-0.05, 0) is 55.3 Å². The topological polar surface area (TPSA) is 27.0 Å². The zero-order valence-corrected chi connectivity index (χ0v) is 30.1. The molecule has 2 unspecified atom stereocenters. The molecule has 4 aromatic carbocycles. The van der Waals surface area contributed by atoms with Crippen molar-refractivity contribution in [3.05, 3.63) is 150 Å². The predicted octanol–water partition coefficient (Wildman–Crippen LogP) is 12.0. The first-order chi connectivity index (χ1) is 20.0. The van der Waals surface area contributed by atoms with Crippen molar-refractivity contribution < 1.29 is 25.8 Å². The number of benzene rings is 4. The zero-order valence-electron chi connectivity index (χ0n) is 26.5. The minimum atomic E-state index is -0.209. The number of fused-ring (bicyclic) bond motifs is 1. The summed E-state index contributed by atoms with van der Waals surface area (Å²) in [6.45, 7) is 13.4. The largest absolute Gasteiger partial charge is 0.673 e. The number of pyridine rings is 1. The average molecular weight is 732 g/mol. The number of aromatic nitrogens is 1. The molecule has 3 heteroatoms. The maximum absolute atomic E-state index is 5.40. The van der Waals surface area contributed by atoms with E-state index >= 15 is 0 Å². The molecule has 0 saturated carbocycles. The van der Waals surface area contributed by atoms with Gasteiger partial charge < -0.3 is 19.7 Å². The van der Waals surface area contributed by atoms with Crippen LogP contribution in [-0.4, -0.2) is 4.98 Å². The molecule has 2 atom stereocenters. The van der Waals surface area contributed by atoms with Crippen LogP contribution in [0.4, 0.5) is 5.69 Å². The first-order valence-electron chi connectivity index (χ1n) is 15.1. The van der Waals surface area contributed by atoms with Crippen LogP contribution in [0.15, 0.2) is 97.1 Å². The number of unbranched alkanes of at least 4 members (excludes halogenated alkanes) is 3. The molecule has 0 aliphatic rings. The van der Waals surface area contributed by atoms with Gasteiger partial charge in [0.05, 0.1) is 5.69 Å². The van der Waals surface area contributed by atoms with E-state index in [0.29, 0.717) is 0 Å². The molecule has 0 aliphatic heterocycles. The summed E-state index contributed by atoms with van der Waals surface area (Å²) in [5.41, 5.74) is 10.2. The molecule has 0 radical (unpaired) electrons. The minimum absolute atomic E-state index is 0. The van der Waals surface area contributed by atoms with E-state index in [1.807, 2.05) is 0 Å². The fourth-order valence-corrected chi connectivity index (χ4v) is 5.96. The van der Waals surface area contributed by atoms with Crippen LogP contribution in [0.3, 0.4) is 0 Å². The van der Waals surface area contributed by atoms with Crippen molar-refractivity contribution in [2.24, 2.45) is 0 Å². The summed E-state index contributed by atoms with van der Waals surface area (Å²) < 4.78 is 0. The maximum Gasteiger partial charge on any atom is 0.0713 e. The van der Waals surface area contributed by atoms with Crippen LogP contribution < -0.4 is 0 Å². The molecule has 0 aliphatic carbocycles. The Bertz CT molecular complexity index is 1600. The second-order valence-corrected chi connectivity index (χ2v) is 11.4. The second-order valence-electron chi connectivity index (χ2n) is 11.4. The molecule has 0 bridgehead atoms. The molecule has 222 valence electrons. The Hall–Kier alpha value is -3.04. The molecule has 2 nitrogen and oxygen atoms in total. The van der Waals surface area contributed by atoms with E-state index in [-0.39, 0.29) is 45.2 Å². The summed E-state index contributed by atoms with van der Waals surface area (Å²) in [5, 5.41) is 7.86. The van der Waals surface area contributed by atoms with Gasteiger partial charge in [0.15, 0.2) is 0 Å². The smallest absolute Gasteiger partial charge is 0.0713 e. The molecule has 0 saturated heterocycles. The Labute approximate surface area is 279 Å². The Morgan fingerprint density at radius 2 is 1.37 bits per heavy atom. The molecule has 1 heterocycles. The Morgan fingerprint density at radius 1 is 0.698 bits per heavy atom. The van der Waals surface area contributed by atoms with Crippen LogP contribution in [0.1, 0.15) is 84.5 Å². The van der Waals surface area contributed by atoms with Gasteiger partial charge in [-0.15, -0.1) is 11.6 Å². The third-order valence-electron chi connectivity index (χ3n) is 8.29. The summed E-state index contributed by atoms with van der Waals surface area (Å²) in [7, 11) is 0. The summed E-state index contributed by atoms with van der Waals surface area (Å²) in [5.74, 6) is 0.211. The van der Waals surface area contributed by atoms with Gasteiger partial charge in [0.25, 0.3) is 0 Å². The van der Waals surface area contributed by atoms with E-state index in [1.54, 1.807) is 0 Å². The molecule has 0 N–H and O–H groups in total. The van der Waals surface area contributed by atoms with E-state index in [2.05, 4.69) is 132 Å². The van der Waals surface area contributed by atoms with Crippen molar-refractivity contribution >= 4 is 16.5 Å². The molecular weight excluding hydrogens is 687 g/mol. The van der Waals surface area contributed by atoms with Gasteiger partial charge in [-0.1, -0.05) is 146 Å². The van der Waals surface area contributed by atoms with E-state index in [1.165, 1.54) is 69.8 Å². The summed E-state index contributed by atoms with van der Waals surface area (Å²) in [4.78, 5) is 5.40. The third kappa shape index (κ3) is 7.92. The number of aryl methyl sites for hydroxylation is 3. The first-order valence-corrected chi connectivity index (χ1v) is 15.1. The van der Waals surface area contributed by atoms with Crippen LogP contribution in [-0.2, 0) is 25.8 Å². The number of rotatable bonds is 11. The van der Waals surface area contributed by atoms with Crippen LogP contribution >= 0.6 is 0 Å². The van der Waals surface area contributed by atoms with Gasteiger partial charge in [0, 0.05) is 37.1 Å². The maximum atomic E-state index is 5.40. The SMILES string of the molecule is [CH2-]C(CCCCCC)c1ccc2ccccc2c1-c1cccc(C([N-]c2c(C)cccc2C)c2ccccc2C)n1.[CH3-].[Hf]. The third-order valence-corrected chi connectivity index (χ3v) is 8.29. The Morgan fingerprint density at radius 3 is 2.12 bits per heavy atom. The van der Waals surface area contributed by atoms with E-state index in [0.717, 1.165) is 23.5 Å². The standard InChI is InChI=1S/C39H42N2.CH3.Hf/c1-6-7-8-9-16-27(2)32-26-25-31-20-11-13-22-34(31)37(32)35-23-15-24-36(40-35)39(33-21-12-10-17-28(33)3)41-38-29(4)18-14-19-30(38)5;;/h10-15,17-27,39H,2,6-9,16H2,1,3-5H3;1H3;/q-2;-1;. The Balaban J connectivity index is 0.00000253. The van der Waals surface area contributed by atoms with Crippen molar-refractivity contribution in [3.8, 4) is 11.3 Å². The average Bonchev–Trinajstić information content (AvgIpc) is 2.99. The summed E-state index contributed by atoms with van der Waals surface area (Å²) >= 11 is 0. The van der Waals surface area contributed by atoms with Crippen molar-refractivity contribution in [3.63, 3.8) is 0 Å². The van der Waals surface area contributed by atoms with Crippen LogP contribution in [0.2, 0.25) is 0 Å². The molecule has 1 aromatic heterocycles. The van der Waals surface area contributed by atoms with Crippen molar-refractivity contribution in [2.45, 2.75) is 71.8 Å². The number of hydrogen-bond acceptors (Lipinski definition) is 1. The molecule has 0 fully saturated rings. The molecule has 5 rings (SSSR count). The van der Waals surface area contributed by atoms with Crippen LogP contribution in [0, 0.1) is 35.1 Å². The Kier molecular flexibility index (Phi) is 12.9. The normalized spacial score (nSPS) is 12.2. The van der Waals surface area contributed by atoms with Gasteiger partial charge in [0.2, 0.25) is 0 Å². The van der Waals surface area contributed by atoms with Crippen molar-refractivity contribution in [1.82, 2.24) is 4.98 Å². The molecule has 43 heavy (non-hydrogen) atoms. The monoisotopic (exact) mass is 733 g/mol. The fourth-order valence-electron chi connectivity index (χ4n) is 5.96. The van der Waals surface area contributed by atoms with Crippen molar-refractivity contribution in [1.29, 1.82) is 0 Å². The fraction of sp³-hybridized carbons (Fsp3) is 0.275. The van der Waals surface area contributed by atoms with Gasteiger partial charge in [-0.25, -0.2) is 0 Å². The first kappa shape index (κ1) is 34.5. The number of hydrogen-bond donors (Lipinski definition) is 0. The van der Waals surface area contributed by atoms with Crippen LogP contribution in [0.5, 0.6) is 0 Å². The number of para-hydroxylation sites is 1. The molecule has 0 spiro atoms. The minimum Gasteiger partial charge on any atom is -0.673 e. The van der Waals surface area contributed by atoms with Gasteiger partial charge >= 0.3 is 0 Å².